The fourth-order valence-corrected chi connectivity index (χ4v) is 3.81. The van der Waals surface area contributed by atoms with Gasteiger partial charge in [0, 0.05) is 10.7 Å². The summed E-state index contributed by atoms with van der Waals surface area (Å²) in [7, 11) is -3.79. The van der Waals surface area contributed by atoms with Crippen LogP contribution in [0.3, 0.4) is 0 Å². The first-order valence-corrected chi connectivity index (χ1v) is 9.89. The predicted octanol–water partition coefficient (Wildman–Crippen LogP) is 4.10. The molecule has 0 aliphatic heterocycles. The van der Waals surface area contributed by atoms with Crippen molar-refractivity contribution in [2.45, 2.75) is 31.6 Å². The number of hydrogen-bond acceptors (Lipinski definition) is 5. The van der Waals surface area contributed by atoms with Gasteiger partial charge in [-0.05, 0) is 54.3 Å². The van der Waals surface area contributed by atoms with E-state index in [9.17, 15) is 8.42 Å². The van der Waals surface area contributed by atoms with Crippen molar-refractivity contribution in [3.63, 3.8) is 0 Å². The predicted molar refractivity (Wildman–Crippen MR) is 105 cm³/mol. The van der Waals surface area contributed by atoms with Crippen molar-refractivity contribution in [3.05, 3.63) is 52.7 Å². The lowest BCUT2D eigenvalue weighted by Crippen LogP contribution is -2.14. The summed E-state index contributed by atoms with van der Waals surface area (Å²) in [6.45, 7) is 5.92. The molecule has 0 fully saturated rings. The number of aromatic nitrogens is 2. The average Bonchev–Trinajstić information content (AvgIpc) is 2.58. The van der Waals surface area contributed by atoms with Gasteiger partial charge in [-0.25, -0.2) is 13.4 Å². The SMILES string of the molecule is Cc1c(Cl)cc(C(C)C)c2ncc(NS(=O)(=O)c3ccc(N)cc3)nc12. The highest BCUT2D eigenvalue weighted by atomic mass is 35.5. The Hall–Kier alpha value is -2.38. The Bertz CT molecular complexity index is 1080. The number of nitrogens with two attached hydrogens (primary N) is 1. The van der Waals surface area contributed by atoms with Gasteiger partial charge in [-0.3, -0.25) is 9.71 Å². The molecule has 0 atom stereocenters. The van der Waals surface area contributed by atoms with Crippen molar-refractivity contribution in [1.29, 1.82) is 0 Å². The van der Waals surface area contributed by atoms with Gasteiger partial charge in [-0.2, -0.15) is 0 Å². The number of halogens is 1. The van der Waals surface area contributed by atoms with Crippen LogP contribution in [0, 0.1) is 6.92 Å². The van der Waals surface area contributed by atoms with Crippen LogP contribution >= 0.6 is 11.6 Å². The Kier molecular flexibility index (Phi) is 4.77. The second-order valence-electron chi connectivity index (χ2n) is 6.35. The first-order chi connectivity index (χ1) is 12.2. The number of aryl methyl sites for hydroxylation is 1. The molecule has 3 N–H and O–H groups in total. The molecule has 0 aliphatic carbocycles. The number of nitrogen functional groups attached to an aromatic ring is 1. The fraction of sp³-hybridized carbons (Fsp3) is 0.222. The topological polar surface area (TPSA) is 98.0 Å². The molecule has 6 nitrogen and oxygen atoms in total. The first-order valence-electron chi connectivity index (χ1n) is 8.03. The third-order valence-electron chi connectivity index (χ3n) is 4.09. The van der Waals surface area contributed by atoms with E-state index in [4.69, 9.17) is 17.3 Å². The normalized spacial score (nSPS) is 11.9. The van der Waals surface area contributed by atoms with Crippen LogP contribution in [0.15, 0.2) is 41.4 Å². The molecule has 3 aromatic rings. The first kappa shape index (κ1) is 18.4. The third kappa shape index (κ3) is 3.45. The molecule has 136 valence electrons. The molecule has 8 heteroatoms. The highest BCUT2D eigenvalue weighted by molar-refractivity contribution is 7.92. The van der Waals surface area contributed by atoms with E-state index in [0.29, 0.717) is 16.2 Å². The maximum atomic E-state index is 12.5. The third-order valence-corrected chi connectivity index (χ3v) is 5.86. The van der Waals surface area contributed by atoms with Gasteiger partial charge < -0.3 is 5.73 Å². The van der Waals surface area contributed by atoms with Crippen molar-refractivity contribution in [3.8, 4) is 0 Å². The molecule has 3 rings (SSSR count). The Morgan fingerprint density at radius 3 is 2.42 bits per heavy atom. The quantitative estimate of drug-likeness (QED) is 0.653. The zero-order chi connectivity index (χ0) is 19.1. The number of fused-ring (bicyclic) bond motifs is 1. The Labute approximate surface area is 157 Å². The van der Waals surface area contributed by atoms with Gasteiger partial charge in [0.2, 0.25) is 0 Å². The summed E-state index contributed by atoms with van der Waals surface area (Å²) in [5.74, 6) is 0.344. The molecule has 0 aliphatic rings. The molecule has 0 bridgehead atoms. The van der Waals surface area contributed by atoms with Crippen LogP contribution in [0.5, 0.6) is 0 Å². The number of nitrogens with one attached hydrogen (secondary N) is 1. The molecule has 2 aromatic carbocycles. The summed E-state index contributed by atoms with van der Waals surface area (Å²) < 4.78 is 27.5. The highest BCUT2D eigenvalue weighted by Gasteiger charge is 2.18. The van der Waals surface area contributed by atoms with Crippen LogP contribution in [-0.4, -0.2) is 18.4 Å². The van der Waals surface area contributed by atoms with Crippen molar-refractivity contribution in [1.82, 2.24) is 9.97 Å². The minimum atomic E-state index is -3.79. The molecule has 1 heterocycles. The van der Waals surface area contributed by atoms with Crippen LogP contribution in [0.4, 0.5) is 11.5 Å². The summed E-state index contributed by atoms with van der Waals surface area (Å²) in [5.41, 5.74) is 9.12. The van der Waals surface area contributed by atoms with E-state index < -0.39 is 10.0 Å². The number of benzene rings is 2. The van der Waals surface area contributed by atoms with E-state index >= 15 is 0 Å². The maximum Gasteiger partial charge on any atom is 0.263 e. The molecule has 0 amide bonds. The lowest BCUT2D eigenvalue weighted by molar-refractivity contribution is 0.601. The summed E-state index contributed by atoms with van der Waals surface area (Å²) in [4.78, 5) is 8.97. The molecule has 0 unspecified atom stereocenters. The molecule has 0 spiro atoms. The van der Waals surface area contributed by atoms with Crippen LogP contribution in [0.25, 0.3) is 11.0 Å². The second-order valence-corrected chi connectivity index (χ2v) is 8.44. The van der Waals surface area contributed by atoms with E-state index in [2.05, 4.69) is 14.7 Å². The van der Waals surface area contributed by atoms with Crippen LogP contribution in [0.1, 0.15) is 30.9 Å². The second kappa shape index (κ2) is 6.74. The van der Waals surface area contributed by atoms with Gasteiger partial charge in [0.25, 0.3) is 10.0 Å². The average molecular weight is 391 g/mol. The molecule has 0 radical (unpaired) electrons. The lowest BCUT2D eigenvalue weighted by atomic mass is 9.99. The maximum absolute atomic E-state index is 12.5. The summed E-state index contributed by atoms with van der Waals surface area (Å²) in [6.07, 6.45) is 1.41. The Balaban J connectivity index is 2.07. The van der Waals surface area contributed by atoms with Crippen molar-refractivity contribution >= 4 is 44.2 Å². The monoisotopic (exact) mass is 390 g/mol. The molecule has 0 saturated heterocycles. The Morgan fingerprint density at radius 2 is 1.81 bits per heavy atom. The molecular weight excluding hydrogens is 372 g/mol. The largest absolute Gasteiger partial charge is 0.399 e. The number of rotatable bonds is 4. The number of sulfonamides is 1. The number of anilines is 2. The van der Waals surface area contributed by atoms with Gasteiger partial charge in [0.1, 0.15) is 0 Å². The minimum absolute atomic E-state index is 0.0966. The summed E-state index contributed by atoms with van der Waals surface area (Å²) in [5, 5.41) is 0.578. The van der Waals surface area contributed by atoms with E-state index in [1.54, 1.807) is 0 Å². The smallest absolute Gasteiger partial charge is 0.263 e. The number of hydrogen-bond donors (Lipinski definition) is 2. The van der Waals surface area contributed by atoms with Gasteiger partial charge in [-0.15, -0.1) is 0 Å². The zero-order valence-electron chi connectivity index (χ0n) is 14.6. The van der Waals surface area contributed by atoms with Gasteiger partial charge in [0.05, 0.1) is 22.1 Å². The van der Waals surface area contributed by atoms with E-state index in [1.165, 1.54) is 30.5 Å². The Morgan fingerprint density at radius 1 is 1.15 bits per heavy atom. The lowest BCUT2D eigenvalue weighted by Gasteiger charge is -2.14. The van der Waals surface area contributed by atoms with E-state index in [0.717, 1.165) is 16.6 Å². The minimum Gasteiger partial charge on any atom is -0.399 e. The van der Waals surface area contributed by atoms with Crippen molar-refractivity contribution in [2.75, 3.05) is 10.5 Å². The van der Waals surface area contributed by atoms with Gasteiger partial charge in [0.15, 0.2) is 5.82 Å². The molecular formula is C18H19ClN4O2S. The van der Waals surface area contributed by atoms with Gasteiger partial charge >= 0.3 is 0 Å². The van der Waals surface area contributed by atoms with Gasteiger partial charge in [-0.1, -0.05) is 25.4 Å². The standard InChI is InChI=1S/C18H19ClN4O2S/c1-10(2)14-8-15(19)11(3)17-18(14)21-9-16(22-17)23-26(24,25)13-6-4-12(20)5-7-13/h4-10H,20H2,1-3H3,(H,22,23). The van der Waals surface area contributed by atoms with Crippen molar-refractivity contribution < 1.29 is 8.42 Å². The van der Waals surface area contributed by atoms with Crippen LogP contribution in [0.2, 0.25) is 5.02 Å². The fourth-order valence-electron chi connectivity index (χ4n) is 2.62. The van der Waals surface area contributed by atoms with Crippen LogP contribution in [-0.2, 0) is 10.0 Å². The summed E-state index contributed by atoms with van der Waals surface area (Å²) >= 11 is 6.31. The molecule has 0 saturated carbocycles. The van der Waals surface area contributed by atoms with E-state index in [1.807, 2.05) is 26.8 Å². The highest BCUT2D eigenvalue weighted by Crippen LogP contribution is 2.31. The van der Waals surface area contributed by atoms with Crippen LogP contribution < -0.4 is 10.5 Å². The zero-order valence-corrected chi connectivity index (χ0v) is 16.2. The molecule has 26 heavy (non-hydrogen) atoms. The summed E-state index contributed by atoms with van der Waals surface area (Å²) in [6, 6.07) is 7.81. The number of nitrogens with zero attached hydrogens (tertiary/aromatic N) is 2. The van der Waals surface area contributed by atoms with E-state index in [-0.39, 0.29) is 16.6 Å². The molecule has 1 aromatic heterocycles. The van der Waals surface area contributed by atoms with Crippen molar-refractivity contribution in [2.24, 2.45) is 0 Å².